The molecule has 0 amide bonds. The normalized spacial score (nSPS) is 22.6. The number of aryl methyl sites for hydroxylation is 3. The molecular formula is C13H21N3. The van der Waals surface area contributed by atoms with Gasteiger partial charge in [0.1, 0.15) is 0 Å². The van der Waals surface area contributed by atoms with Gasteiger partial charge in [-0.1, -0.05) is 6.42 Å². The highest BCUT2D eigenvalue weighted by molar-refractivity contribution is 5.13. The van der Waals surface area contributed by atoms with Crippen LogP contribution < -0.4 is 5.73 Å². The highest BCUT2D eigenvalue weighted by atomic mass is 15.3. The van der Waals surface area contributed by atoms with Crippen molar-refractivity contribution in [3.8, 4) is 0 Å². The molecule has 3 heteroatoms. The van der Waals surface area contributed by atoms with Crippen LogP contribution >= 0.6 is 0 Å². The van der Waals surface area contributed by atoms with Crippen LogP contribution in [0.5, 0.6) is 0 Å². The van der Waals surface area contributed by atoms with Crippen molar-refractivity contribution in [2.24, 2.45) is 5.73 Å². The number of nitrogens with two attached hydrogens (primary N) is 1. The SMILES string of the molecule is NC1(CCc2cc3n(n2)CCCCC3)CC1. The molecule has 16 heavy (non-hydrogen) atoms. The summed E-state index contributed by atoms with van der Waals surface area (Å²) in [6, 6.07) is 2.30. The number of rotatable bonds is 3. The van der Waals surface area contributed by atoms with Crippen LogP contribution in [0.2, 0.25) is 0 Å². The molecule has 2 N–H and O–H groups in total. The molecule has 1 aliphatic carbocycles. The standard InChI is InChI=1S/C13H21N3/c14-13(7-8-13)6-5-11-10-12-4-2-1-3-9-16(12)15-11/h10H,1-9,14H2. The van der Waals surface area contributed by atoms with Gasteiger partial charge in [0, 0.05) is 17.8 Å². The molecule has 1 fully saturated rings. The monoisotopic (exact) mass is 219 g/mol. The maximum absolute atomic E-state index is 6.11. The Morgan fingerprint density at radius 3 is 3.00 bits per heavy atom. The second-order valence-electron chi connectivity index (χ2n) is 5.52. The van der Waals surface area contributed by atoms with Gasteiger partial charge in [-0.3, -0.25) is 4.68 Å². The van der Waals surface area contributed by atoms with Gasteiger partial charge in [-0.25, -0.2) is 0 Å². The summed E-state index contributed by atoms with van der Waals surface area (Å²) in [5.41, 5.74) is 8.97. The smallest absolute Gasteiger partial charge is 0.0628 e. The first-order chi connectivity index (χ1) is 7.75. The van der Waals surface area contributed by atoms with E-state index in [1.54, 1.807) is 0 Å². The van der Waals surface area contributed by atoms with Crippen LogP contribution in [0.4, 0.5) is 0 Å². The Hall–Kier alpha value is -0.830. The summed E-state index contributed by atoms with van der Waals surface area (Å²) in [5.74, 6) is 0. The quantitative estimate of drug-likeness (QED) is 0.845. The van der Waals surface area contributed by atoms with Crippen molar-refractivity contribution in [1.29, 1.82) is 0 Å². The van der Waals surface area contributed by atoms with Gasteiger partial charge in [0.25, 0.3) is 0 Å². The minimum atomic E-state index is 0.168. The molecule has 2 heterocycles. The number of nitrogens with zero attached hydrogens (tertiary/aromatic N) is 2. The van der Waals surface area contributed by atoms with Crippen molar-refractivity contribution in [3.05, 3.63) is 17.5 Å². The minimum absolute atomic E-state index is 0.168. The van der Waals surface area contributed by atoms with Crippen molar-refractivity contribution in [2.45, 2.75) is 63.5 Å². The summed E-state index contributed by atoms with van der Waals surface area (Å²) in [6.45, 7) is 1.11. The van der Waals surface area contributed by atoms with E-state index < -0.39 is 0 Å². The van der Waals surface area contributed by atoms with Crippen molar-refractivity contribution in [3.63, 3.8) is 0 Å². The molecule has 1 aromatic heterocycles. The first-order valence-electron chi connectivity index (χ1n) is 6.60. The lowest BCUT2D eigenvalue weighted by atomic mass is 10.1. The topological polar surface area (TPSA) is 43.8 Å². The lowest BCUT2D eigenvalue weighted by Crippen LogP contribution is -2.22. The molecule has 3 nitrogen and oxygen atoms in total. The summed E-state index contributed by atoms with van der Waals surface area (Å²) >= 11 is 0. The zero-order chi connectivity index (χ0) is 11.0. The van der Waals surface area contributed by atoms with E-state index in [1.165, 1.54) is 49.9 Å². The molecule has 88 valence electrons. The molecule has 0 atom stereocenters. The fraction of sp³-hybridized carbons (Fsp3) is 0.769. The van der Waals surface area contributed by atoms with Gasteiger partial charge in [-0.15, -0.1) is 0 Å². The third-order valence-corrected chi connectivity index (χ3v) is 3.99. The number of aromatic nitrogens is 2. The van der Waals surface area contributed by atoms with Crippen LogP contribution in [-0.4, -0.2) is 15.3 Å². The Balaban J connectivity index is 1.66. The molecule has 1 aliphatic heterocycles. The second kappa shape index (κ2) is 3.88. The van der Waals surface area contributed by atoms with Gasteiger partial charge in [0.15, 0.2) is 0 Å². The summed E-state index contributed by atoms with van der Waals surface area (Å²) in [6.07, 6.45) is 9.77. The van der Waals surface area contributed by atoms with Crippen LogP contribution in [0.25, 0.3) is 0 Å². The number of fused-ring (bicyclic) bond motifs is 1. The predicted molar refractivity (Wildman–Crippen MR) is 64.3 cm³/mol. The van der Waals surface area contributed by atoms with Crippen molar-refractivity contribution >= 4 is 0 Å². The van der Waals surface area contributed by atoms with E-state index in [4.69, 9.17) is 10.8 Å². The summed E-state index contributed by atoms with van der Waals surface area (Å²) in [7, 11) is 0. The molecule has 0 aromatic carbocycles. The predicted octanol–water partition coefficient (Wildman–Crippen LogP) is 2.03. The van der Waals surface area contributed by atoms with Crippen molar-refractivity contribution < 1.29 is 0 Å². The molecule has 1 saturated carbocycles. The maximum atomic E-state index is 6.11. The fourth-order valence-electron chi connectivity index (χ4n) is 2.56. The van der Waals surface area contributed by atoms with Gasteiger partial charge in [0.2, 0.25) is 0 Å². The first-order valence-corrected chi connectivity index (χ1v) is 6.60. The van der Waals surface area contributed by atoms with Crippen molar-refractivity contribution in [2.75, 3.05) is 0 Å². The van der Waals surface area contributed by atoms with Gasteiger partial charge in [0.05, 0.1) is 5.69 Å². The second-order valence-corrected chi connectivity index (χ2v) is 5.52. The average Bonchev–Trinajstić information content (AvgIpc) is 2.95. The van der Waals surface area contributed by atoms with E-state index in [1.807, 2.05) is 0 Å². The third-order valence-electron chi connectivity index (χ3n) is 3.99. The molecule has 0 unspecified atom stereocenters. The van der Waals surface area contributed by atoms with E-state index in [9.17, 15) is 0 Å². The van der Waals surface area contributed by atoms with Crippen LogP contribution in [-0.2, 0) is 19.4 Å². The third kappa shape index (κ3) is 2.14. The number of hydrogen-bond donors (Lipinski definition) is 1. The van der Waals surface area contributed by atoms with Crippen LogP contribution in [0.1, 0.15) is 49.9 Å². The highest BCUT2D eigenvalue weighted by Crippen LogP contribution is 2.36. The minimum Gasteiger partial charge on any atom is -0.325 e. The molecule has 3 rings (SSSR count). The Labute approximate surface area is 97.0 Å². The zero-order valence-corrected chi connectivity index (χ0v) is 9.91. The Morgan fingerprint density at radius 2 is 2.19 bits per heavy atom. The van der Waals surface area contributed by atoms with Crippen LogP contribution in [0, 0.1) is 0 Å². The Morgan fingerprint density at radius 1 is 1.31 bits per heavy atom. The molecule has 2 aliphatic rings. The molecule has 0 saturated heterocycles. The fourth-order valence-corrected chi connectivity index (χ4v) is 2.56. The lowest BCUT2D eigenvalue weighted by Gasteiger charge is -2.05. The molecule has 0 spiro atoms. The zero-order valence-electron chi connectivity index (χ0n) is 9.91. The summed E-state index contributed by atoms with van der Waals surface area (Å²) in [5, 5.41) is 4.70. The molecule has 0 radical (unpaired) electrons. The maximum Gasteiger partial charge on any atom is 0.0628 e. The molecule has 0 bridgehead atoms. The van der Waals surface area contributed by atoms with Crippen LogP contribution in [0.3, 0.4) is 0 Å². The molecular weight excluding hydrogens is 198 g/mol. The van der Waals surface area contributed by atoms with E-state index in [2.05, 4.69) is 10.7 Å². The Kier molecular flexibility index (Phi) is 2.51. The number of hydrogen-bond acceptors (Lipinski definition) is 2. The largest absolute Gasteiger partial charge is 0.325 e. The average molecular weight is 219 g/mol. The van der Waals surface area contributed by atoms with Crippen molar-refractivity contribution in [1.82, 2.24) is 9.78 Å². The molecule has 1 aromatic rings. The van der Waals surface area contributed by atoms with E-state index in [0.717, 1.165) is 19.4 Å². The highest BCUT2D eigenvalue weighted by Gasteiger charge is 2.37. The first kappa shape index (κ1) is 10.3. The van der Waals surface area contributed by atoms with Crippen LogP contribution in [0.15, 0.2) is 6.07 Å². The van der Waals surface area contributed by atoms with Gasteiger partial charge >= 0.3 is 0 Å². The van der Waals surface area contributed by atoms with E-state index in [0.29, 0.717) is 0 Å². The van der Waals surface area contributed by atoms with Gasteiger partial charge in [-0.05, 0) is 51.0 Å². The summed E-state index contributed by atoms with van der Waals surface area (Å²) in [4.78, 5) is 0. The van der Waals surface area contributed by atoms with E-state index >= 15 is 0 Å². The van der Waals surface area contributed by atoms with Gasteiger partial charge < -0.3 is 5.73 Å². The lowest BCUT2D eigenvalue weighted by molar-refractivity contribution is 0.556. The Bertz CT molecular complexity index is 353. The van der Waals surface area contributed by atoms with Gasteiger partial charge in [-0.2, -0.15) is 5.10 Å². The summed E-state index contributed by atoms with van der Waals surface area (Å²) < 4.78 is 2.22. The van der Waals surface area contributed by atoms with E-state index in [-0.39, 0.29) is 5.54 Å².